The van der Waals surface area contributed by atoms with Gasteiger partial charge >= 0.3 is 0 Å². The minimum absolute atomic E-state index is 0.194. The van der Waals surface area contributed by atoms with E-state index in [9.17, 15) is 10.5 Å². The molecule has 0 saturated heterocycles. The number of hydrogen-bond acceptors (Lipinski definition) is 4. The Kier molecular flexibility index (Phi) is 3.65. The summed E-state index contributed by atoms with van der Waals surface area (Å²) in [6.45, 7) is 0. The number of aromatic nitrogens is 2. The zero-order valence-electron chi connectivity index (χ0n) is 14.7. The van der Waals surface area contributed by atoms with Gasteiger partial charge in [0.1, 0.15) is 12.1 Å². The average Bonchev–Trinajstić information content (AvgIpc) is 2.75. The number of nitrogens with zero attached hydrogens (tertiary/aromatic N) is 4. The lowest BCUT2D eigenvalue weighted by atomic mass is 9.94. The summed E-state index contributed by atoms with van der Waals surface area (Å²) in [5, 5.41) is 24.7. The van der Waals surface area contributed by atoms with Crippen LogP contribution in [-0.2, 0) is 0 Å². The maximum Gasteiger partial charge on any atom is 0.101 e. The summed E-state index contributed by atoms with van der Waals surface area (Å²) in [4.78, 5) is 9.90. The second kappa shape index (κ2) is 6.15. The third-order valence-corrected chi connectivity index (χ3v) is 7.93. The summed E-state index contributed by atoms with van der Waals surface area (Å²) < 4.78 is 5.82. The van der Waals surface area contributed by atoms with Gasteiger partial charge in [-0.25, -0.2) is 9.97 Å². The van der Waals surface area contributed by atoms with E-state index < -0.39 is 0 Å². The largest absolute Gasteiger partial charge is 0.244 e. The van der Waals surface area contributed by atoms with Gasteiger partial charge in [0.25, 0.3) is 0 Å². The Morgan fingerprint density at radius 2 is 1.59 bits per heavy atom. The van der Waals surface area contributed by atoms with Crippen LogP contribution in [0.3, 0.4) is 0 Å². The minimum Gasteiger partial charge on any atom is -0.244 e. The van der Waals surface area contributed by atoms with E-state index in [1.165, 1.54) is 21.7 Å². The van der Waals surface area contributed by atoms with Crippen molar-refractivity contribution in [1.82, 2.24) is 9.97 Å². The Hall–Kier alpha value is -2.69. The lowest BCUT2D eigenvalue weighted by Gasteiger charge is -2.15. The molecule has 6 heteroatoms. The standard InChI is InChI=1S/C23H8I2N4/c24-15-3-11-1-2-12-7-25-8-17-21(12)20(11)16(6-15)22-23(17)29-19-5-14(10-27)13(9-26)4-18(19)28-22/h1-8H. The normalized spacial score (nSPS) is 12.7. The van der Waals surface area contributed by atoms with Gasteiger partial charge in [-0.15, -0.1) is 0 Å². The summed E-state index contributed by atoms with van der Waals surface area (Å²) in [6, 6.07) is 16.3. The van der Waals surface area contributed by atoms with Gasteiger partial charge in [0.05, 0.1) is 33.2 Å². The fourth-order valence-corrected chi connectivity index (χ4v) is 6.76. The van der Waals surface area contributed by atoms with E-state index in [0.717, 1.165) is 25.2 Å². The van der Waals surface area contributed by atoms with Crippen molar-refractivity contribution in [1.29, 1.82) is 10.5 Å². The highest BCUT2D eigenvalue weighted by Gasteiger charge is 2.17. The molecule has 0 amide bonds. The lowest BCUT2D eigenvalue weighted by Crippen LogP contribution is -2.11. The number of halogens is 2. The Morgan fingerprint density at radius 1 is 0.862 bits per heavy atom. The van der Waals surface area contributed by atoms with Gasteiger partial charge in [-0.05, 0) is 71.3 Å². The summed E-state index contributed by atoms with van der Waals surface area (Å²) >= 11 is 2.15. The molecule has 1 aromatic heterocycles. The fourth-order valence-electron chi connectivity index (χ4n) is 4.06. The molecule has 0 bridgehead atoms. The first kappa shape index (κ1) is 17.2. The molecule has 0 spiro atoms. The van der Waals surface area contributed by atoms with Gasteiger partial charge in [-0.1, -0.05) is 32.9 Å². The molecule has 0 radical (unpaired) electrons. The third-order valence-electron chi connectivity index (χ3n) is 5.29. The van der Waals surface area contributed by atoms with Crippen LogP contribution in [0, 0.1) is 26.2 Å². The van der Waals surface area contributed by atoms with Crippen molar-refractivity contribution in [2.75, 3.05) is 0 Å². The molecule has 29 heavy (non-hydrogen) atoms. The average molecular weight is 594 g/mol. The summed E-state index contributed by atoms with van der Waals surface area (Å²) in [6.07, 6.45) is 0. The Bertz CT molecular complexity index is 1740. The molecule has 0 unspecified atom stereocenters. The monoisotopic (exact) mass is 594 g/mol. The topological polar surface area (TPSA) is 73.4 Å². The van der Waals surface area contributed by atoms with E-state index in [1.54, 1.807) is 12.1 Å². The van der Waals surface area contributed by atoms with Crippen LogP contribution in [0.2, 0.25) is 0 Å². The molecular weight excluding hydrogens is 586 g/mol. The molecule has 5 aromatic rings. The number of nitriles is 2. The van der Waals surface area contributed by atoms with E-state index >= 15 is 0 Å². The van der Waals surface area contributed by atoms with Crippen LogP contribution in [0.5, 0.6) is 0 Å². The second-order valence-corrected chi connectivity index (χ2v) is 10.1. The van der Waals surface area contributed by atoms with Crippen LogP contribution in [0.4, 0.5) is 0 Å². The summed E-state index contributed by atoms with van der Waals surface area (Å²) in [5.74, 6) is 0. The molecule has 4 nitrogen and oxygen atoms in total. The van der Waals surface area contributed by atoms with Crippen molar-refractivity contribution in [3.63, 3.8) is 0 Å². The molecule has 2 heterocycles. The molecule has 0 fully saturated rings. The van der Waals surface area contributed by atoms with Crippen molar-refractivity contribution in [3.05, 3.63) is 61.9 Å². The third kappa shape index (κ3) is 2.36. The SMILES string of the molecule is N#Cc1cc2nc3c4c5c(ccc6cc(I)cc(c3nc2cc1C#N)c65)C=IC=4. The van der Waals surface area contributed by atoms with Gasteiger partial charge < -0.3 is 0 Å². The first-order chi connectivity index (χ1) is 14.2. The molecule has 0 N–H and O–H groups in total. The molecule has 1 aliphatic rings. The smallest absolute Gasteiger partial charge is 0.101 e. The van der Waals surface area contributed by atoms with Crippen molar-refractivity contribution in [3.8, 4) is 12.1 Å². The molecule has 1 aliphatic heterocycles. The van der Waals surface area contributed by atoms with Gasteiger partial charge in [0.2, 0.25) is 0 Å². The summed E-state index contributed by atoms with van der Waals surface area (Å²) in [7, 11) is 0. The zero-order valence-corrected chi connectivity index (χ0v) is 19.0. The molecule has 0 saturated carbocycles. The molecule has 134 valence electrons. The number of benzene rings is 4. The number of fused-ring (bicyclic) bond motifs is 4. The maximum atomic E-state index is 9.40. The number of rotatable bonds is 0. The van der Waals surface area contributed by atoms with E-state index in [4.69, 9.17) is 9.97 Å². The Morgan fingerprint density at radius 3 is 2.31 bits per heavy atom. The zero-order chi connectivity index (χ0) is 19.7. The highest BCUT2D eigenvalue weighted by atomic mass is 127. The Labute approximate surface area is 188 Å². The molecule has 0 atom stereocenters. The summed E-state index contributed by atoms with van der Waals surface area (Å²) in [5.41, 5.74) is 4.97. The van der Waals surface area contributed by atoms with Crippen LogP contribution in [0.1, 0.15) is 16.7 Å². The van der Waals surface area contributed by atoms with Crippen LogP contribution in [0.15, 0.2) is 36.4 Å². The van der Waals surface area contributed by atoms with Gasteiger partial charge in [-0.3, -0.25) is 0 Å². The van der Waals surface area contributed by atoms with Gasteiger partial charge in [0.15, 0.2) is 0 Å². The van der Waals surface area contributed by atoms with E-state index in [0.29, 0.717) is 22.2 Å². The minimum atomic E-state index is -0.194. The molecular formula is C23H8I2N4. The highest BCUT2D eigenvalue weighted by Crippen LogP contribution is 2.35. The first-order valence-corrected chi connectivity index (χ1v) is 12.3. The van der Waals surface area contributed by atoms with Crippen molar-refractivity contribution in [2.24, 2.45) is 0 Å². The Balaban J connectivity index is 1.94. The van der Waals surface area contributed by atoms with Crippen LogP contribution in [0.25, 0.3) is 47.7 Å². The van der Waals surface area contributed by atoms with Crippen molar-refractivity contribution < 1.29 is 0 Å². The van der Waals surface area contributed by atoms with Gasteiger partial charge in [0, 0.05) is 19.6 Å². The van der Waals surface area contributed by atoms with Crippen LogP contribution < -0.4 is 5.22 Å². The van der Waals surface area contributed by atoms with Gasteiger partial charge in [-0.2, -0.15) is 10.5 Å². The fraction of sp³-hybridized carbons (Fsp3) is 0. The molecule has 0 aliphatic carbocycles. The highest BCUT2D eigenvalue weighted by molar-refractivity contribution is 14.2. The van der Waals surface area contributed by atoms with E-state index in [-0.39, 0.29) is 20.7 Å². The molecule has 4 aromatic carbocycles. The lowest BCUT2D eigenvalue weighted by molar-refractivity contribution is 1.37. The quantitative estimate of drug-likeness (QED) is 0.143. The first-order valence-electron chi connectivity index (χ1n) is 8.76. The van der Waals surface area contributed by atoms with Crippen molar-refractivity contribution >= 4 is 95.0 Å². The van der Waals surface area contributed by atoms with Crippen LogP contribution in [-0.4, -0.2) is 14.0 Å². The van der Waals surface area contributed by atoms with E-state index in [2.05, 4.69) is 67.1 Å². The predicted molar refractivity (Wildman–Crippen MR) is 133 cm³/mol. The van der Waals surface area contributed by atoms with Crippen LogP contribution >= 0.6 is 43.3 Å². The van der Waals surface area contributed by atoms with E-state index in [1.807, 2.05) is 0 Å². The second-order valence-electron chi connectivity index (χ2n) is 6.87. The maximum absolute atomic E-state index is 9.40. The number of hydrogen-bond donors (Lipinski definition) is 0. The predicted octanol–water partition coefficient (Wildman–Crippen LogP) is 5.03. The van der Waals surface area contributed by atoms with Crippen molar-refractivity contribution in [2.45, 2.75) is 0 Å². The molecule has 6 rings (SSSR count).